The molecule has 1 aromatic heterocycles. The molecule has 0 spiro atoms. The van der Waals surface area contributed by atoms with E-state index >= 15 is 0 Å². The molecule has 4 aromatic rings. The fourth-order valence-corrected chi connectivity index (χ4v) is 9.12. The summed E-state index contributed by atoms with van der Waals surface area (Å²) in [6.07, 6.45) is 1.62. The van der Waals surface area contributed by atoms with Gasteiger partial charge in [0.1, 0.15) is 0 Å². The van der Waals surface area contributed by atoms with Crippen LogP contribution in [0.4, 0.5) is 11.4 Å². The predicted octanol–water partition coefficient (Wildman–Crippen LogP) is 5.23. The lowest BCUT2D eigenvalue weighted by Crippen LogP contribution is -2.36. The highest BCUT2D eigenvalue weighted by Gasteiger charge is 2.43. The van der Waals surface area contributed by atoms with Gasteiger partial charge in [0.25, 0.3) is 0 Å². The van der Waals surface area contributed by atoms with E-state index in [4.69, 9.17) is 11.8 Å². The van der Waals surface area contributed by atoms with Crippen LogP contribution < -0.4 is 15.3 Å². The van der Waals surface area contributed by atoms with Crippen molar-refractivity contribution in [1.29, 1.82) is 0 Å². The summed E-state index contributed by atoms with van der Waals surface area (Å²) in [6, 6.07) is 28.0. The molecule has 1 unspecified atom stereocenters. The lowest BCUT2D eigenvalue weighted by Gasteiger charge is -2.47. The molecule has 0 saturated carbocycles. The SMILES string of the molecule is S=P12c3ccccc3-c3ccccc3N1c1ccncc1-c1ccccc12. The van der Waals surface area contributed by atoms with Crippen LogP contribution in [0.5, 0.6) is 0 Å². The summed E-state index contributed by atoms with van der Waals surface area (Å²) in [5.74, 6) is 0. The topological polar surface area (TPSA) is 16.1 Å². The molecule has 0 N–H and O–H groups in total. The number of fused-ring (bicyclic) bond motifs is 11. The molecule has 0 amide bonds. The first kappa shape index (κ1) is 15.3. The van der Waals surface area contributed by atoms with E-state index in [1.165, 1.54) is 33.0 Å². The number of hydrogen-bond donors (Lipinski definition) is 0. The standard InChI is InChI=1S/C23H15N2PS/c27-26-22-11-5-2-8-17(22)16-7-1-4-10-20(16)25(26)21-13-14-24-15-19(21)18-9-3-6-12-23(18)26/h1-15H. The molecule has 6 rings (SSSR count). The van der Waals surface area contributed by atoms with Crippen molar-refractivity contribution in [2.24, 2.45) is 0 Å². The van der Waals surface area contributed by atoms with E-state index in [1.807, 2.05) is 12.4 Å². The Kier molecular flexibility index (Phi) is 3.06. The van der Waals surface area contributed by atoms with Gasteiger partial charge in [-0.05, 0) is 23.3 Å². The summed E-state index contributed by atoms with van der Waals surface area (Å²) in [5, 5.41) is 2.52. The third-order valence-electron chi connectivity index (χ3n) is 5.48. The number of pyridine rings is 1. The summed E-state index contributed by atoms with van der Waals surface area (Å²) in [7, 11) is 0. The molecule has 0 bridgehead atoms. The quantitative estimate of drug-likeness (QED) is 0.388. The molecule has 0 aliphatic carbocycles. The molecular weight excluding hydrogens is 367 g/mol. The summed E-state index contributed by atoms with van der Waals surface area (Å²) < 4.78 is 2.43. The summed E-state index contributed by atoms with van der Waals surface area (Å²) in [4.78, 5) is 4.41. The van der Waals surface area contributed by atoms with Crippen molar-refractivity contribution in [2.75, 3.05) is 4.67 Å². The van der Waals surface area contributed by atoms with E-state index in [-0.39, 0.29) is 0 Å². The average Bonchev–Trinajstić information content (AvgIpc) is 2.74. The minimum Gasteiger partial charge on any atom is -0.304 e. The molecule has 1 atom stereocenters. The lowest BCUT2D eigenvalue weighted by molar-refractivity contribution is 1.29. The Morgan fingerprint density at radius 1 is 0.630 bits per heavy atom. The molecular formula is C23H15N2PS. The zero-order valence-corrected chi connectivity index (χ0v) is 16.1. The van der Waals surface area contributed by atoms with Gasteiger partial charge in [0.15, 0.2) is 0 Å². The van der Waals surface area contributed by atoms with Gasteiger partial charge in [-0.1, -0.05) is 78.5 Å². The Labute approximate surface area is 163 Å². The van der Waals surface area contributed by atoms with Gasteiger partial charge in [-0.2, -0.15) is 0 Å². The molecule has 2 aliphatic heterocycles. The predicted molar refractivity (Wildman–Crippen MR) is 117 cm³/mol. The first-order valence-corrected chi connectivity index (χ1v) is 11.7. The third kappa shape index (κ3) is 1.86. The molecule has 0 saturated heterocycles. The van der Waals surface area contributed by atoms with Crippen molar-refractivity contribution in [3.05, 3.63) is 91.3 Å². The zero-order chi connectivity index (χ0) is 18.0. The second-order valence-electron chi connectivity index (χ2n) is 6.83. The largest absolute Gasteiger partial charge is 0.304 e. The van der Waals surface area contributed by atoms with E-state index in [2.05, 4.69) is 88.5 Å². The smallest absolute Gasteiger partial charge is 0.0985 e. The van der Waals surface area contributed by atoms with Gasteiger partial charge >= 0.3 is 0 Å². The zero-order valence-electron chi connectivity index (χ0n) is 14.4. The number of hydrogen-bond acceptors (Lipinski definition) is 2. The minimum atomic E-state index is -2.22. The monoisotopic (exact) mass is 382 g/mol. The fraction of sp³-hybridized carbons (Fsp3) is 0. The van der Waals surface area contributed by atoms with Crippen LogP contribution in [-0.2, 0) is 11.8 Å². The van der Waals surface area contributed by atoms with Crippen molar-refractivity contribution in [1.82, 2.24) is 4.98 Å². The van der Waals surface area contributed by atoms with Crippen molar-refractivity contribution in [2.45, 2.75) is 0 Å². The van der Waals surface area contributed by atoms with Gasteiger partial charge in [0.2, 0.25) is 0 Å². The molecule has 3 heterocycles. The highest BCUT2D eigenvalue weighted by molar-refractivity contribution is 8.23. The minimum absolute atomic E-state index is 1.16. The molecule has 2 nitrogen and oxygen atoms in total. The first-order chi connectivity index (χ1) is 13.3. The molecule has 0 fully saturated rings. The number of para-hydroxylation sites is 1. The summed E-state index contributed by atoms with van der Waals surface area (Å²) in [5.41, 5.74) is 7.24. The maximum atomic E-state index is 6.61. The number of anilines is 2. The average molecular weight is 382 g/mol. The van der Waals surface area contributed by atoms with E-state index in [0.717, 1.165) is 11.3 Å². The van der Waals surface area contributed by atoms with Gasteiger partial charge in [-0.25, -0.2) is 0 Å². The Hall–Kier alpha value is -2.74. The van der Waals surface area contributed by atoms with Gasteiger partial charge in [0, 0.05) is 34.1 Å². The van der Waals surface area contributed by atoms with Crippen LogP contribution in [0.3, 0.4) is 0 Å². The lowest BCUT2D eigenvalue weighted by atomic mass is 10.0. The molecule has 3 aromatic carbocycles. The maximum absolute atomic E-state index is 6.61. The van der Waals surface area contributed by atoms with Gasteiger partial charge < -0.3 is 4.67 Å². The second kappa shape index (κ2) is 5.39. The van der Waals surface area contributed by atoms with Crippen LogP contribution >= 0.6 is 6.19 Å². The third-order valence-corrected chi connectivity index (χ3v) is 10.2. The number of rotatable bonds is 0. The Morgan fingerprint density at radius 2 is 1.19 bits per heavy atom. The molecule has 128 valence electrons. The molecule has 4 heteroatoms. The molecule has 27 heavy (non-hydrogen) atoms. The van der Waals surface area contributed by atoms with Crippen molar-refractivity contribution < 1.29 is 0 Å². The van der Waals surface area contributed by atoms with Crippen LogP contribution in [-0.4, -0.2) is 4.98 Å². The van der Waals surface area contributed by atoms with E-state index in [0.29, 0.717) is 0 Å². The van der Waals surface area contributed by atoms with Crippen molar-refractivity contribution in [3.63, 3.8) is 0 Å². The van der Waals surface area contributed by atoms with Gasteiger partial charge in [0.05, 0.1) is 17.6 Å². The van der Waals surface area contributed by atoms with E-state index in [9.17, 15) is 0 Å². The van der Waals surface area contributed by atoms with Crippen molar-refractivity contribution >= 4 is 40.0 Å². The Morgan fingerprint density at radius 3 is 1.93 bits per heavy atom. The number of nitrogens with zero attached hydrogens (tertiary/aromatic N) is 2. The van der Waals surface area contributed by atoms with Gasteiger partial charge in [-0.15, -0.1) is 0 Å². The number of aromatic nitrogens is 1. The maximum Gasteiger partial charge on any atom is 0.0985 e. The highest BCUT2D eigenvalue weighted by atomic mass is 32.4. The van der Waals surface area contributed by atoms with Crippen LogP contribution in [0.2, 0.25) is 0 Å². The van der Waals surface area contributed by atoms with Gasteiger partial charge in [-0.3, -0.25) is 4.98 Å². The molecule has 2 aliphatic rings. The Bertz CT molecular complexity index is 1190. The number of benzene rings is 3. The van der Waals surface area contributed by atoms with Crippen molar-refractivity contribution in [3.8, 4) is 22.3 Å². The van der Waals surface area contributed by atoms with Crippen LogP contribution in [0.15, 0.2) is 91.3 Å². The van der Waals surface area contributed by atoms with E-state index in [1.54, 1.807) is 0 Å². The Balaban J connectivity index is 1.84. The first-order valence-electron chi connectivity index (χ1n) is 8.94. The highest BCUT2D eigenvalue weighted by Crippen LogP contribution is 2.65. The fourth-order valence-electron chi connectivity index (χ4n) is 4.38. The molecule has 0 radical (unpaired) electrons. The van der Waals surface area contributed by atoms with Crippen LogP contribution in [0.1, 0.15) is 0 Å². The van der Waals surface area contributed by atoms with E-state index < -0.39 is 6.19 Å². The summed E-state index contributed by atoms with van der Waals surface area (Å²) >= 11 is 6.61. The van der Waals surface area contributed by atoms with Crippen LogP contribution in [0, 0.1) is 0 Å². The summed E-state index contributed by atoms with van der Waals surface area (Å²) in [6.45, 7) is 0. The second-order valence-corrected chi connectivity index (χ2v) is 10.9. The normalized spacial score (nSPS) is 18.6. The van der Waals surface area contributed by atoms with Crippen LogP contribution in [0.25, 0.3) is 22.3 Å².